The molecule has 0 bridgehead atoms. The van der Waals surface area contributed by atoms with Gasteiger partial charge >= 0.3 is 0 Å². The first-order valence-corrected chi connectivity index (χ1v) is 8.92. The van der Waals surface area contributed by atoms with Crippen molar-refractivity contribution >= 4 is 10.0 Å². The molecule has 0 spiro atoms. The van der Waals surface area contributed by atoms with Crippen molar-refractivity contribution in [3.63, 3.8) is 0 Å². The normalized spacial score (nSPS) is 15.9. The molecule has 0 saturated heterocycles. The molecular formula is C16H19NO5S. The van der Waals surface area contributed by atoms with Crippen LogP contribution in [0.15, 0.2) is 39.6 Å². The standard InChI is InChI=1S/C16H19NO5S/c1-11-4-6-14(22-11)12(2)17-23(18,19)13-5-7-15-16(10-13)21-9-3-8-20-15/h4-7,10,12,17H,3,8-9H2,1-2H3. The molecular weight excluding hydrogens is 318 g/mol. The van der Waals surface area contributed by atoms with E-state index in [9.17, 15) is 8.42 Å². The molecule has 0 saturated carbocycles. The van der Waals surface area contributed by atoms with E-state index in [2.05, 4.69) is 4.72 Å². The van der Waals surface area contributed by atoms with Gasteiger partial charge in [-0.2, -0.15) is 0 Å². The number of fused-ring (bicyclic) bond motifs is 1. The fourth-order valence-corrected chi connectivity index (χ4v) is 3.58. The quantitative estimate of drug-likeness (QED) is 0.928. The molecule has 2 aromatic rings. The molecule has 23 heavy (non-hydrogen) atoms. The summed E-state index contributed by atoms with van der Waals surface area (Å²) in [6.45, 7) is 4.62. The largest absolute Gasteiger partial charge is 0.490 e. The predicted octanol–water partition coefficient (Wildman–Crippen LogP) is 2.79. The van der Waals surface area contributed by atoms with E-state index < -0.39 is 16.1 Å². The van der Waals surface area contributed by atoms with Gasteiger partial charge in [-0.3, -0.25) is 0 Å². The molecule has 0 amide bonds. The van der Waals surface area contributed by atoms with Crippen molar-refractivity contribution in [1.82, 2.24) is 4.72 Å². The zero-order valence-corrected chi connectivity index (χ0v) is 13.9. The van der Waals surface area contributed by atoms with Crippen molar-refractivity contribution in [3.05, 3.63) is 41.9 Å². The minimum atomic E-state index is -3.69. The van der Waals surface area contributed by atoms with E-state index in [1.807, 2.05) is 6.92 Å². The topological polar surface area (TPSA) is 77.8 Å². The lowest BCUT2D eigenvalue weighted by Gasteiger charge is -2.14. The third-order valence-electron chi connectivity index (χ3n) is 3.55. The van der Waals surface area contributed by atoms with Gasteiger partial charge in [0, 0.05) is 12.5 Å². The van der Waals surface area contributed by atoms with Crippen molar-refractivity contribution in [2.45, 2.75) is 31.2 Å². The molecule has 1 aliphatic rings. The zero-order valence-electron chi connectivity index (χ0n) is 13.0. The summed E-state index contributed by atoms with van der Waals surface area (Å²) in [6, 6.07) is 7.71. The van der Waals surface area contributed by atoms with Crippen molar-refractivity contribution < 1.29 is 22.3 Å². The highest BCUT2D eigenvalue weighted by Gasteiger charge is 2.22. The molecule has 0 fully saturated rings. The average molecular weight is 337 g/mol. The van der Waals surface area contributed by atoms with Gasteiger partial charge in [0.2, 0.25) is 10.0 Å². The number of furan rings is 1. The van der Waals surface area contributed by atoms with Gasteiger partial charge in [-0.25, -0.2) is 13.1 Å². The summed E-state index contributed by atoms with van der Waals surface area (Å²) >= 11 is 0. The highest BCUT2D eigenvalue weighted by Crippen LogP contribution is 2.32. The summed E-state index contributed by atoms with van der Waals surface area (Å²) < 4.78 is 44.2. The molecule has 1 aliphatic heterocycles. The fourth-order valence-electron chi connectivity index (χ4n) is 2.36. The van der Waals surface area contributed by atoms with Gasteiger partial charge in [-0.1, -0.05) is 0 Å². The summed E-state index contributed by atoms with van der Waals surface area (Å²) in [6.07, 6.45) is 0.768. The van der Waals surface area contributed by atoms with Crippen LogP contribution in [0.2, 0.25) is 0 Å². The number of benzene rings is 1. The minimum absolute atomic E-state index is 0.136. The Kier molecular flexibility index (Phi) is 4.32. The van der Waals surface area contributed by atoms with Gasteiger partial charge in [-0.05, 0) is 38.1 Å². The smallest absolute Gasteiger partial charge is 0.241 e. The van der Waals surface area contributed by atoms with E-state index in [0.29, 0.717) is 30.5 Å². The summed E-state index contributed by atoms with van der Waals surface area (Å²) in [7, 11) is -3.69. The lowest BCUT2D eigenvalue weighted by Crippen LogP contribution is -2.26. The molecule has 2 heterocycles. The van der Waals surface area contributed by atoms with Crippen LogP contribution >= 0.6 is 0 Å². The Labute approximate surface area is 135 Å². The lowest BCUT2D eigenvalue weighted by atomic mass is 10.3. The minimum Gasteiger partial charge on any atom is -0.490 e. The maximum Gasteiger partial charge on any atom is 0.241 e. The number of hydrogen-bond acceptors (Lipinski definition) is 5. The van der Waals surface area contributed by atoms with E-state index in [4.69, 9.17) is 13.9 Å². The number of aryl methyl sites for hydroxylation is 1. The van der Waals surface area contributed by atoms with E-state index in [-0.39, 0.29) is 4.90 Å². The maximum absolute atomic E-state index is 12.5. The Balaban J connectivity index is 1.83. The van der Waals surface area contributed by atoms with Crippen LogP contribution in [0.1, 0.15) is 30.9 Å². The van der Waals surface area contributed by atoms with Crippen LogP contribution in [0, 0.1) is 6.92 Å². The zero-order chi connectivity index (χ0) is 16.4. The second-order valence-electron chi connectivity index (χ2n) is 5.45. The molecule has 1 aromatic carbocycles. The monoisotopic (exact) mass is 337 g/mol. The van der Waals surface area contributed by atoms with E-state index in [1.165, 1.54) is 12.1 Å². The van der Waals surface area contributed by atoms with Crippen molar-refractivity contribution in [1.29, 1.82) is 0 Å². The van der Waals surface area contributed by atoms with Crippen LogP contribution in [-0.4, -0.2) is 21.6 Å². The second kappa shape index (κ2) is 6.25. The van der Waals surface area contributed by atoms with E-state index in [0.717, 1.165) is 12.2 Å². The maximum atomic E-state index is 12.5. The number of ether oxygens (including phenoxy) is 2. The third kappa shape index (κ3) is 3.51. The van der Waals surface area contributed by atoms with Crippen LogP contribution in [0.3, 0.4) is 0 Å². The fraction of sp³-hybridized carbons (Fsp3) is 0.375. The van der Waals surface area contributed by atoms with E-state index >= 15 is 0 Å². The molecule has 124 valence electrons. The summed E-state index contributed by atoms with van der Waals surface area (Å²) in [5.74, 6) is 2.32. The Bertz CT molecular complexity index is 797. The summed E-state index contributed by atoms with van der Waals surface area (Å²) in [5.41, 5.74) is 0. The molecule has 1 unspecified atom stereocenters. The van der Waals surface area contributed by atoms with Crippen LogP contribution in [-0.2, 0) is 10.0 Å². The first-order chi connectivity index (χ1) is 11.0. The molecule has 1 atom stereocenters. The Morgan fingerprint density at radius 3 is 2.52 bits per heavy atom. The summed E-state index contributed by atoms with van der Waals surface area (Å²) in [5, 5.41) is 0. The second-order valence-corrected chi connectivity index (χ2v) is 7.16. The van der Waals surface area contributed by atoms with Crippen molar-refractivity contribution in [3.8, 4) is 11.5 Å². The molecule has 1 aromatic heterocycles. The van der Waals surface area contributed by atoms with Gasteiger partial charge < -0.3 is 13.9 Å². The van der Waals surface area contributed by atoms with Crippen LogP contribution < -0.4 is 14.2 Å². The van der Waals surface area contributed by atoms with Crippen LogP contribution in [0.4, 0.5) is 0 Å². The number of hydrogen-bond donors (Lipinski definition) is 1. The molecule has 3 rings (SSSR count). The van der Waals surface area contributed by atoms with Gasteiger partial charge in [0.25, 0.3) is 0 Å². The highest BCUT2D eigenvalue weighted by molar-refractivity contribution is 7.89. The van der Waals surface area contributed by atoms with Gasteiger partial charge in [0.1, 0.15) is 11.5 Å². The first kappa shape index (κ1) is 15.9. The molecule has 0 radical (unpaired) electrons. The van der Waals surface area contributed by atoms with Crippen LogP contribution in [0.5, 0.6) is 11.5 Å². The number of sulfonamides is 1. The van der Waals surface area contributed by atoms with Crippen molar-refractivity contribution in [2.24, 2.45) is 0 Å². The molecule has 1 N–H and O–H groups in total. The lowest BCUT2D eigenvalue weighted by molar-refractivity contribution is 0.297. The molecule has 6 nitrogen and oxygen atoms in total. The molecule has 7 heteroatoms. The average Bonchev–Trinajstić information content (AvgIpc) is 2.81. The van der Waals surface area contributed by atoms with Crippen LogP contribution in [0.25, 0.3) is 0 Å². The Hall–Kier alpha value is -1.99. The van der Waals surface area contributed by atoms with Gasteiger partial charge in [0.15, 0.2) is 11.5 Å². The van der Waals surface area contributed by atoms with E-state index in [1.54, 1.807) is 25.1 Å². The summed E-state index contributed by atoms with van der Waals surface area (Å²) in [4.78, 5) is 0.136. The van der Waals surface area contributed by atoms with Crippen molar-refractivity contribution in [2.75, 3.05) is 13.2 Å². The third-order valence-corrected chi connectivity index (χ3v) is 5.09. The Morgan fingerprint density at radius 2 is 1.83 bits per heavy atom. The Morgan fingerprint density at radius 1 is 1.09 bits per heavy atom. The number of rotatable bonds is 4. The first-order valence-electron chi connectivity index (χ1n) is 7.44. The molecule has 0 aliphatic carbocycles. The van der Waals surface area contributed by atoms with Gasteiger partial charge in [-0.15, -0.1) is 0 Å². The predicted molar refractivity (Wildman–Crippen MR) is 84.2 cm³/mol. The number of nitrogens with one attached hydrogen (secondary N) is 1. The highest BCUT2D eigenvalue weighted by atomic mass is 32.2. The van der Waals surface area contributed by atoms with Gasteiger partial charge in [0.05, 0.1) is 24.2 Å². The SMILES string of the molecule is Cc1ccc(C(C)NS(=O)(=O)c2ccc3c(c2)OCCCO3)o1.